The van der Waals surface area contributed by atoms with Crippen LogP contribution < -0.4 is 24.8 Å². The maximum Gasteiger partial charge on any atom is 0.408 e. The molecule has 194 valence electrons. The average molecular weight is 556 g/mol. The van der Waals surface area contributed by atoms with Crippen molar-refractivity contribution in [2.45, 2.75) is 52.9 Å². The highest BCUT2D eigenvalue weighted by Gasteiger charge is 2.27. The number of rotatable bonds is 10. The van der Waals surface area contributed by atoms with Gasteiger partial charge >= 0.3 is 12.1 Å². The van der Waals surface area contributed by atoms with Crippen LogP contribution in [0.4, 0.5) is 4.79 Å². The third-order valence-electron chi connectivity index (χ3n) is 4.79. The number of hydrogen-bond acceptors (Lipinski definition) is 8. The maximum absolute atomic E-state index is 12.6. The van der Waals surface area contributed by atoms with Gasteiger partial charge in [0.05, 0.1) is 38.6 Å². The number of aromatic amines is 1. The summed E-state index contributed by atoms with van der Waals surface area (Å²) < 4.78 is 27.6. The molecule has 1 atom stereocenters. The summed E-state index contributed by atoms with van der Waals surface area (Å²) in [5.41, 5.74) is 1.63. The van der Waals surface area contributed by atoms with Crippen LogP contribution in [-0.4, -0.2) is 56.7 Å². The van der Waals surface area contributed by atoms with Crippen LogP contribution in [0.5, 0.6) is 17.2 Å². The zero-order valence-electron chi connectivity index (χ0n) is 21.4. The molecule has 0 aliphatic rings. The molecular formula is C24H34BrN3O7. The predicted molar refractivity (Wildman–Crippen MR) is 135 cm³/mol. The van der Waals surface area contributed by atoms with Gasteiger partial charge in [-0.1, -0.05) is 0 Å². The molecule has 3 N–H and O–H groups in total. The van der Waals surface area contributed by atoms with Crippen molar-refractivity contribution in [3.8, 4) is 28.4 Å². The molecule has 2 rings (SSSR count). The smallest absolute Gasteiger partial charge is 0.408 e. The first-order valence-corrected chi connectivity index (χ1v) is 11.9. The first kappa shape index (κ1) is 28.3. The lowest BCUT2D eigenvalue weighted by Crippen LogP contribution is -2.45. The summed E-state index contributed by atoms with van der Waals surface area (Å²) in [7, 11) is 4.58. The number of nitrogens with one attached hydrogen (secondary N) is 3. The number of carbonyl (C=O) groups excluding carboxylic acids is 2. The van der Waals surface area contributed by atoms with E-state index in [1.165, 1.54) is 21.3 Å². The van der Waals surface area contributed by atoms with Crippen molar-refractivity contribution < 1.29 is 33.3 Å². The van der Waals surface area contributed by atoms with Gasteiger partial charge in [0, 0.05) is 23.4 Å². The van der Waals surface area contributed by atoms with Crippen LogP contribution in [0, 0.1) is 0 Å². The SMILES string of the molecule is CCOC(=O)c1[nH]c(CNC(C)NC(=O)OC(C)(C)C)c(-c2ccc(OC)c(OC)c2OC)c1Br. The Morgan fingerprint density at radius 2 is 1.74 bits per heavy atom. The minimum Gasteiger partial charge on any atom is -0.493 e. The van der Waals surface area contributed by atoms with Gasteiger partial charge in [-0.15, -0.1) is 0 Å². The highest BCUT2D eigenvalue weighted by molar-refractivity contribution is 9.10. The van der Waals surface area contributed by atoms with Crippen LogP contribution >= 0.6 is 15.9 Å². The number of H-pyrrole nitrogens is 1. The molecule has 0 aliphatic heterocycles. The summed E-state index contributed by atoms with van der Waals surface area (Å²) in [5, 5.41) is 5.95. The third kappa shape index (κ3) is 7.04. The number of methoxy groups -OCH3 is 3. The van der Waals surface area contributed by atoms with Crippen molar-refractivity contribution in [2.75, 3.05) is 27.9 Å². The molecule has 0 radical (unpaired) electrons. The first-order valence-electron chi connectivity index (χ1n) is 11.1. The van der Waals surface area contributed by atoms with Crippen molar-refractivity contribution >= 4 is 28.0 Å². The second-order valence-corrected chi connectivity index (χ2v) is 9.31. The zero-order valence-corrected chi connectivity index (χ0v) is 23.0. The number of hydrogen-bond donors (Lipinski definition) is 3. The molecule has 0 aliphatic carbocycles. The van der Waals surface area contributed by atoms with Crippen molar-refractivity contribution in [3.05, 3.63) is 28.0 Å². The fraction of sp³-hybridized carbons (Fsp3) is 0.500. The molecule has 35 heavy (non-hydrogen) atoms. The third-order valence-corrected chi connectivity index (χ3v) is 5.58. The highest BCUT2D eigenvalue weighted by atomic mass is 79.9. The molecule has 2 aromatic rings. The molecule has 0 spiro atoms. The number of halogens is 1. The van der Waals surface area contributed by atoms with Crippen molar-refractivity contribution in [1.82, 2.24) is 15.6 Å². The Kier molecular flexibility index (Phi) is 9.84. The van der Waals surface area contributed by atoms with E-state index in [-0.39, 0.29) is 18.8 Å². The zero-order chi connectivity index (χ0) is 26.3. The van der Waals surface area contributed by atoms with Crippen molar-refractivity contribution in [3.63, 3.8) is 0 Å². The van der Waals surface area contributed by atoms with Gasteiger partial charge in [0.2, 0.25) is 5.75 Å². The molecule has 0 saturated heterocycles. The van der Waals surface area contributed by atoms with E-state index in [1.807, 2.05) is 6.07 Å². The minimum absolute atomic E-state index is 0.226. The van der Waals surface area contributed by atoms with Crippen molar-refractivity contribution in [2.24, 2.45) is 0 Å². The lowest BCUT2D eigenvalue weighted by Gasteiger charge is -2.22. The van der Waals surface area contributed by atoms with E-state index in [9.17, 15) is 9.59 Å². The highest BCUT2D eigenvalue weighted by Crippen LogP contribution is 2.47. The molecule has 0 bridgehead atoms. The Hall–Kier alpha value is -2.92. The summed E-state index contributed by atoms with van der Waals surface area (Å²) in [6, 6.07) is 3.57. The summed E-state index contributed by atoms with van der Waals surface area (Å²) >= 11 is 3.56. The van der Waals surface area contributed by atoms with Gasteiger partial charge in [0.15, 0.2) is 11.5 Å². The molecule has 1 aromatic carbocycles. The van der Waals surface area contributed by atoms with E-state index < -0.39 is 23.8 Å². The van der Waals surface area contributed by atoms with Gasteiger partial charge < -0.3 is 34.0 Å². The quantitative estimate of drug-likeness (QED) is 0.287. The summed E-state index contributed by atoms with van der Waals surface area (Å²) in [6.07, 6.45) is -0.975. The normalized spacial score (nSPS) is 12.0. The molecule has 1 aromatic heterocycles. The fourth-order valence-corrected chi connectivity index (χ4v) is 4.09. The molecule has 10 nitrogen and oxygen atoms in total. The molecule has 1 unspecified atom stereocenters. The number of ether oxygens (including phenoxy) is 5. The van der Waals surface area contributed by atoms with E-state index >= 15 is 0 Å². The predicted octanol–water partition coefficient (Wildman–Crippen LogP) is 4.61. The van der Waals surface area contributed by atoms with Gasteiger partial charge in [-0.3, -0.25) is 5.32 Å². The Morgan fingerprint density at radius 3 is 2.29 bits per heavy atom. The van der Waals surface area contributed by atoms with Gasteiger partial charge in [0.25, 0.3) is 0 Å². The fourth-order valence-electron chi connectivity index (χ4n) is 3.37. The lowest BCUT2D eigenvalue weighted by atomic mass is 10.0. The average Bonchev–Trinajstić information content (AvgIpc) is 3.11. The van der Waals surface area contributed by atoms with E-state index in [0.717, 1.165) is 0 Å². The molecule has 11 heteroatoms. The Bertz CT molecular complexity index is 1050. The Balaban J connectivity index is 2.47. The van der Waals surface area contributed by atoms with Gasteiger partial charge in [-0.25, -0.2) is 9.59 Å². The minimum atomic E-state index is -0.611. The summed E-state index contributed by atoms with van der Waals surface area (Å²) in [4.78, 5) is 27.9. The monoisotopic (exact) mass is 555 g/mol. The Morgan fingerprint density at radius 1 is 1.09 bits per heavy atom. The van der Waals surface area contributed by atoms with Gasteiger partial charge in [0.1, 0.15) is 11.3 Å². The molecule has 1 heterocycles. The lowest BCUT2D eigenvalue weighted by molar-refractivity contribution is 0.0495. The van der Waals surface area contributed by atoms with Gasteiger partial charge in [-0.2, -0.15) is 0 Å². The number of carbonyl (C=O) groups is 2. The first-order chi connectivity index (χ1) is 16.5. The second kappa shape index (κ2) is 12.2. The second-order valence-electron chi connectivity index (χ2n) is 8.52. The topological polar surface area (TPSA) is 120 Å². The van der Waals surface area contributed by atoms with Crippen molar-refractivity contribution in [1.29, 1.82) is 0 Å². The number of aromatic nitrogens is 1. The van der Waals surface area contributed by atoms with Crippen LogP contribution in [0.1, 0.15) is 50.8 Å². The van der Waals surface area contributed by atoms with Crippen LogP contribution in [0.3, 0.4) is 0 Å². The summed E-state index contributed by atoms with van der Waals surface area (Å²) in [6.45, 7) is 9.39. The van der Waals surface area contributed by atoms with E-state index in [1.54, 1.807) is 40.7 Å². The number of benzene rings is 1. The largest absolute Gasteiger partial charge is 0.493 e. The maximum atomic E-state index is 12.6. The van der Waals surface area contributed by atoms with E-state index in [4.69, 9.17) is 23.7 Å². The number of amides is 1. The van der Waals surface area contributed by atoms with E-state index in [0.29, 0.717) is 38.5 Å². The number of esters is 1. The standard InChI is InChI=1S/C24H34BrN3O7/c1-9-34-22(29)19-18(25)17(14-10-11-16(31-6)21(33-8)20(14)32-7)15(28-19)12-26-13(2)27-23(30)35-24(3,4)5/h10-11,13,26,28H,9,12H2,1-8H3,(H,27,30). The Labute approximate surface area is 214 Å². The van der Waals surface area contributed by atoms with E-state index in [2.05, 4.69) is 31.5 Å². The van der Waals surface area contributed by atoms with Crippen LogP contribution in [0.15, 0.2) is 16.6 Å². The molecule has 0 saturated carbocycles. The van der Waals surface area contributed by atoms with Crippen LogP contribution in [0.2, 0.25) is 0 Å². The van der Waals surface area contributed by atoms with Gasteiger partial charge in [-0.05, 0) is 62.7 Å². The van der Waals surface area contributed by atoms with Crippen LogP contribution in [-0.2, 0) is 16.0 Å². The summed E-state index contributed by atoms with van der Waals surface area (Å²) in [5.74, 6) is 0.840. The number of alkyl carbamates (subject to hydrolysis) is 1. The molecule has 1 amide bonds. The van der Waals surface area contributed by atoms with Crippen LogP contribution in [0.25, 0.3) is 11.1 Å². The molecule has 0 fully saturated rings. The molecular weight excluding hydrogens is 522 g/mol.